The number of carbonyl (C=O) groups is 2. The van der Waals surface area contributed by atoms with Crippen molar-refractivity contribution in [3.8, 4) is 0 Å². The van der Waals surface area contributed by atoms with Gasteiger partial charge in [0, 0.05) is 32.7 Å². The van der Waals surface area contributed by atoms with Crippen LogP contribution in [0.2, 0.25) is 0 Å². The number of hydrogen-bond acceptors (Lipinski definition) is 4. The van der Waals surface area contributed by atoms with Gasteiger partial charge in [0.15, 0.2) is 0 Å². The molecular formula is C20H27N3O2. The van der Waals surface area contributed by atoms with Crippen LogP contribution in [0.15, 0.2) is 30.3 Å². The van der Waals surface area contributed by atoms with E-state index in [0.717, 1.165) is 58.4 Å². The summed E-state index contributed by atoms with van der Waals surface area (Å²) in [5.41, 5.74) is 1.34. The Bertz CT molecular complexity index is 601. The Balaban J connectivity index is 1.30. The van der Waals surface area contributed by atoms with Crippen LogP contribution < -0.4 is 0 Å². The number of carbonyl (C=O) groups excluding carboxylic acids is 2. The van der Waals surface area contributed by atoms with Gasteiger partial charge in [0.05, 0.1) is 18.5 Å². The summed E-state index contributed by atoms with van der Waals surface area (Å²) >= 11 is 0. The zero-order chi connectivity index (χ0) is 17.2. The van der Waals surface area contributed by atoms with Crippen molar-refractivity contribution in [1.82, 2.24) is 14.7 Å². The van der Waals surface area contributed by atoms with Gasteiger partial charge in [0.2, 0.25) is 11.8 Å². The second-order valence-electron chi connectivity index (χ2n) is 7.62. The molecule has 1 aromatic carbocycles. The fraction of sp³-hybridized carbons (Fsp3) is 0.600. The van der Waals surface area contributed by atoms with Crippen LogP contribution in [-0.4, -0.2) is 59.4 Å². The van der Waals surface area contributed by atoms with Crippen molar-refractivity contribution in [1.29, 1.82) is 0 Å². The standard InChI is InChI=1S/C20H27N3O2/c24-19-17-8-4-5-9-18(17)20(25)23(19)15-22-12-10-21(11-13-22)14-16-6-2-1-3-7-16/h1-3,6-7,17-18H,4-5,8-15H2/t17-,18+. The minimum absolute atomic E-state index is 0.0272. The van der Waals surface area contributed by atoms with Crippen LogP contribution in [0.25, 0.3) is 0 Å². The number of piperazine rings is 1. The predicted octanol–water partition coefficient (Wildman–Crippen LogP) is 1.94. The highest BCUT2D eigenvalue weighted by Crippen LogP contribution is 2.38. The molecule has 0 bridgehead atoms. The van der Waals surface area contributed by atoms with Crippen molar-refractivity contribution < 1.29 is 9.59 Å². The van der Waals surface area contributed by atoms with Gasteiger partial charge in [0.25, 0.3) is 0 Å². The lowest BCUT2D eigenvalue weighted by atomic mass is 9.81. The van der Waals surface area contributed by atoms with E-state index < -0.39 is 0 Å². The first-order chi connectivity index (χ1) is 12.2. The van der Waals surface area contributed by atoms with Crippen molar-refractivity contribution >= 4 is 11.8 Å². The van der Waals surface area contributed by atoms with Gasteiger partial charge in [-0.1, -0.05) is 43.2 Å². The van der Waals surface area contributed by atoms with Crippen LogP contribution in [0.4, 0.5) is 0 Å². The topological polar surface area (TPSA) is 43.9 Å². The number of fused-ring (bicyclic) bond motifs is 1. The monoisotopic (exact) mass is 341 g/mol. The van der Waals surface area contributed by atoms with Gasteiger partial charge in [0.1, 0.15) is 0 Å². The van der Waals surface area contributed by atoms with Crippen LogP contribution in [0.5, 0.6) is 0 Å². The van der Waals surface area contributed by atoms with E-state index in [0.29, 0.717) is 6.67 Å². The second kappa shape index (κ2) is 7.26. The maximum absolute atomic E-state index is 12.6. The van der Waals surface area contributed by atoms with Crippen LogP contribution in [-0.2, 0) is 16.1 Å². The molecule has 0 N–H and O–H groups in total. The average Bonchev–Trinajstić information content (AvgIpc) is 2.89. The van der Waals surface area contributed by atoms with Gasteiger partial charge in [-0.15, -0.1) is 0 Å². The summed E-state index contributed by atoms with van der Waals surface area (Å²) in [7, 11) is 0. The quantitative estimate of drug-likeness (QED) is 0.785. The predicted molar refractivity (Wildman–Crippen MR) is 95.5 cm³/mol. The van der Waals surface area contributed by atoms with Crippen LogP contribution in [0, 0.1) is 11.8 Å². The van der Waals surface area contributed by atoms with Crippen LogP contribution in [0.1, 0.15) is 31.2 Å². The smallest absolute Gasteiger partial charge is 0.234 e. The second-order valence-corrected chi connectivity index (χ2v) is 7.62. The maximum Gasteiger partial charge on any atom is 0.234 e. The van der Waals surface area contributed by atoms with E-state index in [9.17, 15) is 9.59 Å². The number of rotatable bonds is 4. The van der Waals surface area contributed by atoms with Crippen molar-refractivity contribution in [3.05, 3.63) is 35.9 Å². The third-order valence-electron chi connectivity index (χ3n) is 5.99. The molecule has 134 valence electrons. The molecule has 0 radical (unpaired) electrons. The van der Waals surface area contributed by atoms with Gasteiger partial charge < -0.3 is 0 Å². The zero-order valence-electron chi connectivity index (χ0n) is 14.8. The van der Waals surface area contributed by atoms with Crippen molar-refractivity contribution in [2.75, 3.05) is 32.8 Å². The van der Waals surface area contributed by atoms with E-state index in [1.807, 2.05) is 6.07 Å². The Morgan fingerprint density at radius 1 is 0.800 bits per heavy atom. The number of likely N-dealkylation sites (tertiary alicyclic amines) is 1. The molecule has 3 aliphatic rings. The normalized spacial score (nSPS) is 28.4. The van der Waals surface area contributed by atoms with Crippen molar-refractivity contribution in [2.45, 2.75) is 32.2 Å². The maximum atomic E-state index is 12.6. The number of amides is 2. The average molecular weight is 341 g/mol. The third kappa shape index (κ3) is 3.48. The van der Waals surface area contributed by atoms with Crippen LogP contribution in [0.3, 0.4) is 0 Å². The highest BCUT2D eigenvalue weighted by atomic mass is 16.2. The summed E-state index contributed by atoms with van der Waals surface area (Å²) in [6.07, 6.45) is 3.98. The number of nitrogens with zero attached hydrogens (tertiary/aromatic N) is 3. The molecule has 1 aliphatic carbocycles. The molecule has 25 heavy (non-hydrogen) atoms. The molecule has 5 heteroatoms. The third-order valence-corrected chi connectivity index (χ3v) is 5.99. The summed E-state index contributed by atoms with van der Waals surface area (Å²) in [4.78, 5) is 31.4. The summed E-state index contributed by atoms with van der Waals surface area (Å²) in [6, 6.07) is 10.5. The molecule has 0 spiro atoms. The molecule has 0 aromatic heterocycles. The van der Waals surface area contributed by atoms with E-state index in [1.54, 1.807) is 4.90 Å². The van der Waals surface area contributed by atoms with E-state index >= 15 is 0 Å². The Hall–Kier alpha value is -1.72. The largest absolute Gasteiger partial charge is 0.297 e. The van der Waals surface area contributed by atoms with E-state index in [1.165, 1.54) is 5.56 Å². The first-order valence-electron chi connectivity index (χ1n) is 9.56. The Labute approximate surface area is 149 Å². The van der Waals surface area contributed by atoms with Gasteiger partial charge in [-0.3, -0.25) is 24.3 Å². The number of imide groups is 1. The first kappa shape index (κ1) is 16.7. The zero-order valence-corrected chi connectivity index (χ0v) is 14.8. The summed E-state index contributed by atoms with van der Waals surface area (Å²) in [5.74, 6) is 0.115. The molecule has 2 heterocycles. The Morgan fingerprint density at radius 2 is 1.36 bits per heavy atom. The molecule has 1 aromatic rings. The Kier molecular flexibility index (Phi) is 4.86. The fourth-order valence-corrected chi connectivity index (χ4v) is 4.50. The van der Waals surface area contributed by atoms with Gasteiger partial charge in [-0.2, -0.15) is 0 Å². The number of hydrogen-bond donors (Lipinski definition) is 0. The minimum atomic E-state index is -0.0272. The summed E-state index contributed by atoms with van der Waals surface area (Å²) in [5, 5.41) is 0. The lowest BCUT2D eigenvalue weighted by Gasteiger charge is -2.36. The first-order valence-corrected chi connectivity index (χ1v) is 9.56. The van der Waals surface area contributed by atoms with Gasteiger partial charge >= 0.3 is 0 Å². The SMILES string of the molecule is O=C1[C@H]2CCCC[C@H]2C(=O)N1CN1CCN(Cc2ccccc2)CC1. The van der Waals surface area contributed by atoms with Crippen molar-refractivity contribution in [3.63, 3.8) is 0 Å². The van der Waals surface area contributed by atoms with E-state index in [4.69, 9.17) is 0 Å². The fourth-order valence-electron chi connectivity index (χ4n) is 4.50. The molecule has 5 nitrogen and oxygen atoms in total. The molecule has 0 unspecified atom stereocenters. The molecule has 2 aliphatic heterocycles. The molecular weight excluding hydrogens is 314 g/mol. The minimum Gasteiger partial charge on any atom is -0.297 e. The molecule has 4 rings (SSSR count). The van der Waals surface area contributed by atoms with Gasteiger partial charge in [-0.25, -0.2) is 0 Å². The highest BCUT2D eigenvalue weighted by molar-refractivity contribution is 6.05. The molecule has 2 atom stereocenters. The van der Waals surface area contributed by atoms with Crippen molar-refractivity contribution in [2.24, 2.45) is 11.8 Å². The molecule has 1 saturated carbocycles. The van der Waals surface area contributed by atoms with Crippen LogP contribution >= 0.6 is 0 Å². The molecule has 3 fully saturated rings. The highest BCUT2D eigenvalue weighted by Gasteiger charge is 2.48. The summed E-state index contributed by atoms with van der Waals surface area (Å²) < 4.78 is 0. The lowest BCUT2D eigenvalue weighted by molar-refractivity contribution is -0.142. The number of benzene rings is 1. The molecule has 2 amide bonds. The van der Waals surface area contributed by atoms with Gasteiger partial charge in [-0.05, 0) is 18.4 Å². The van der Waals surface area contributed by atoms with E-state index in [2.05, 4.69) is 34.1 Å². The molecule has 2 saturated heterocycles. The Morgan fingerprint density at radius 3 is 1.96 bits per heavy atom. The lowest BCUT2D eigenvalue weighted by Crippen LogP contribution is -2.51. The summed E-state index contributed by atoms with van der Waals surface area (Å²) in [6.45, 7) is 5.26. The van der Waals surface area contributed by atoms with E-state index in [-0.39, 0.29) is 23.7 Å².